The predicted molar refractivity (Wildman–Crippen MR) is 124 cm³/mol. The molecule has 0 aliphatic rings. The van der Waals surface area contributed by atoms with Gasteiger partial charge in [0, 0.05) is 5.69 Å². The van der Waals surface area contributed by atoms with Crippen molar-refractivity contribution >= 4 is 26.6 Å². The van der Waals surface area contributed by atoms with E-state index in [0.717, 1.165) is 22.0 Å². The lowest BCUT2D eigenvalue weighted by Gasteiger charge is -2.21. The van der Waals surface area contributed by atoms with E-state index < -0.39 is 16.2 Å². The number of anilines is 1. The summed E-state index contributed by atoms with van der Waals surface area (Å²) in [5.41, 5.74) is 2.26. The Labute approximate surface area is 188 Å². The van der Waals surface area contributed by atoms with E-state index in [4.69, 9.17) is 4.18 Å². The fourth-order valence-electron chi connectivity index (χ4n) is 3.30. The second kappa shape index (κ2) is 10.1. The maximum Gasteiger partial charge on any atom is 0.296 e. The van der Waals surface area contributed by atoms with Gasteiger partial charge in [0.05, 0.1) is 17.5 Å². The fourth-order valence-corrected chi connectivity index (χ4v) is 4.22. The number of rotatable bonds is 8. The Bertz CT molecular complexity index is 1320. The quantitative estimate of drug-likeness (QED) is 0.383. The minimum absolute atomic E-state index is 0.00955. The third kappa shape index (κ3) is 5.53. The van der Waals surface area contributed by atoms with Gasteiger partial charge in [0.1, 0.15) is 17.7 Å². The summed E-state index contributed by atoms with van der Waals surface area (Å²) in [4.78, 5) is 0.0872. The van der Waals surface area contributed by atoms with Gasteiger partial charge < -0.3 is 5.32 Å². The molecule has 0 radical (unpaired) electrons. The first kappa shape index (κ1) is 23.0. The molecule has 1 atom stereocenters. The predicted octanol–water partition coefficient (Wildman–Crippen LogP) is 5.09. The van der Waals surface area contributed by atoms with Crippen LogP contribution in [-0.4, -0.2) is 21.1 Å². The lowest BCUT2D eigenvalue weighted by atomic mass is 10.00. The summed E-state index contributed by atoms with van der Waals surface area (Å²) in [5.74, 6) is 0. The molecule has 0 amide bonds. The second-order valence-corrected chi connectivity index (χ2v) is 9.03. The number of aryl methyl sites for hydroxylation is 1. The third-order valence-electron chi connectivity index (χ3n) is 5.19. The highest BCUT2D eigenvalue weighted by atomic mass is 32.2. The minimum atomic E-state index is -3.91. The van der Waals surface area contributed by atoms with E-state index in [2.05, 4.69) is 5.32 Å². The number of nitriles is 2. The zero-order chi connectivity index (χ0) is 23.1. The summed E-state index contributed by atoms with van der Waals surface area (Å²) in [6, 6.07) is 23.5. The molecule has 0 saturated carbocycles. The first-order chi connectivity index (χ1) is 15.3. The van der Waals surface area contributed by atoms with Crippen molar-refractivity contribution in [3.05, 3.63) is 83.4 Å². The Kier molecular flexibility index (Phi) is 7.27. The first-order valence-corrected chi connectivity index (χ1v) is 11.5. The van der Waals surface area contributed by atoms with Crippen LogP contribution in [0.2, 0.25) is 0 Å². The van der Waals surface area contributed by atoms with Crippen LogP contribution < -0.4 is 5.32 Å². The molecule has 7 heteroatoms. The smallest absolute Gasteiger partial charge is 0.296 e. The lowest BCUT2D eigenvalue weighted by Crippen LogP contribution is -2.24. The molecule has 32 heavy (non-hydrogen) atoms. The molecule has 0 spiro atoms. The van der Waals surface area contributed by atoms with Crippen LogP contribution in [0, 0.1) is 29.6 Å². The molecule has 0 saturated heterocycles. The van der Waals surface area contributed by atoms with Crippen LogP contribution in [0.15, 0.2) is 82.8 Å². The molecule has 0 bridgehead atoms. The van der Waals surface area contributed by atoms with Crippen molar-refractivity contribution in [1.29, 1.82) is 10.5 Å². The van der Waals surface area contributed by atoms with Crippen molar-refractivity contribution in [2.45, 2.75) is 31.2 Å². The third-order valence-corrected chi connectivity index (χ3v) is 6.51. The van der Waals surface area contributed by atoms with Crippen LogP contribution in [0.1, 0.15) is 18.9 Å². The van der Waals surface area contributed by atoms with Gasteiger partial charge in [-0.2, -0.15) is 18.9 Å². The standard InChI is InChI=1S/C25H23N3O3S/c1-18-7-11-24(12-8-18)32(29,30)31-14-13-25(19(2)22(16-26)17-27)28-23-10-9-20-5-3-4-6-21(20)15-23/h3-12,15,25,28H,13-14H2,1-2H3. The maximum absolute atomic E-state index is 12.5. The molecule has 3 aromatic carbocycles. The normalized spacial score (nSPS) is 11.9. The Morgan fingerprint density at radius 3 is 2.31 bits per heavy atom. The molecule has 1 N–H and O–H groups in total. The molecule has 0 fully saturated rings. The number of nitrogens with zero attached hydrogens (tertiary/aromatic N) is 2. The zero-order valence-electron chi connectivity index (χ0n) is 17.9. The van der Waals surface area contributed by atoms with Crippen LogP contribution in [0.3, 0.4) is 0 Å². The van der Waals surface area contributed by atoms with Gasteiger partial charge in [0.15, 0.2) is 0 Å². The van der Waals surface area contributed by atoms with Crippen molar-refractivity contribution in [3.8, 4) is 12.1 Å². The number of nitrogens with one attached hydrogen (secondary N) is 1. The zero-order valence-corrected chi connectivity index (χ0v) is 18.7. The van der Waals surface area contributed by atoms with Gasteiger partial charge in [-0.05, 0) is 60.9 Å². The van der Waals surface area contributed by atoms with E-state index >= 15 is 0 Å². The van der Waals surface area contributed by atoms with Crippen LogP contribution in [-0.2, 0) is 14.3 Å². The molecule has 0 aromatic heterocycles. The summed E-state index contributed by atoms with van der Waals surface area (Å²) < 4.78 is 30.2. The summed E-state index contributed by atoms with van der Waals surface area (Å²) in [6.07, 6.45) is 0.247. The van der Waals surface area contributed by atoms with Crippen molar-refractivity contribution < 1.29 is 12.6 Å². The molecule has 0 aliphatic carbocycles. The van der Waals surface area contributed by atoms with Gasteiger partial charge in [0.2, 0.25) is 0 Å². The van der Waals surface area contributed by atoms with E-state index in [9.17, 15) is 18.9 Å². The van der Waals surface area contributed by atoms with Crippen molar-refractivity contribution in [3.63, 3.8) is 0 Å². The number of hydrogen-bond donors (Lipinski definition) is 1. The van der Waals surface area contributed by atoms with Crippen LogP contribution in [0.4, 0.5) is 5.69 Å². The molecule has 1 unspecified atom stereocenters. The maximum atomic E-state index is 12.5. The van der Waals surface area contributed by atoms with Crippen molar-refractivity contribution in [2.75, 3.05) is 11.9 Å². The van der Waals surface area contributed by atoms with Gasteiger partial charge in [-0.25, -0.2) is 0 Å². The topological polar surface area (TPSA) is 103 Å². The Hall–Kier alpha value is -3.65. The van der Waals surface area contributed by atoms with Crippen molar-refractivity contribution in [2.24, 2.45) is 0 Å². The van der Waals surface area contributed by atoms with Gasteiger partial charge in [0.25, 0.3) is 10.1 Å². The molecule has 0 heterocycles. The van der Waals surface area contributed by atoms with E-state index in [-0.39, 0.29) is 23.5 Å². The van der Waals surface area contributed by atoms with E-state index in [1.54, 1.807) is 19.1 Å². The summed E-state index contributed by atoms with van der Waals surface area (Å²) in [5, 5.41) is 24.0. The highest BCUT2D eigenvalue weighted by Crippen LogP contribution is 2.23. The van der Waals surface area contributed by atoms with Gasteiger partial charge >= 0.3 is 0 Å². The van der Waals surface area contributed by atoms with E-state index in [0.29, 0.717) is 5.57 Å². The second-order valence-electron chi connectivity index (χ2n) is 7.42. The molecule has 3 aromatic rings. The average Bonchev–Trinajstić information content (AvgIpc) is 2.79. The van der Waals surface area contributed by atoms with Crippen LogP contribution in [0.25, 0.3) is 10.8 Å². The molecular weight excluding hydrogens is 422 g/mol. The molecule has 162 valence electrons. The monoisotopic (exact) mass is 445 g/mol. The summed E-state index contributed by atoms with van der Waals surface area (Å²) >= 11 is 0. The molecule has 3 rings (SSSR count). The lowest BCUT2D eigenvalue weighted by molar-refractivity contribution is 0.308. The number of hydrogen-bond acceptors (Lipinski definition) is 6. The fraction of sp³-hybridized carbons (Fsp3) is 0.200. The number of fused-ring (bicyclic) bond motifs is 1. The minimum Gasteiger partial charge on any atom is -0.378 e. The van der Waals surface area contributed by atoms with Crippen molar-refractivity contribution in [1.82, 2.24) is 0 Å². The first-order valence-electron chi connectivity index (χ1n) is 10.1. The average molecular weight is 446 g/mol. The Morgan fingerprint density at radius 2 is 1.66 bits per heavy atom. The summed E-state index contributed by atoms with van der Waals surface area (Å²) in [6.45, 7) is 3.45. The number of benzene rings is 3. The van der Waals surface area contributed by atoms with E-state index in [1.165, 1.54) is 12.1 Å². The number of allylic oxidation sites excluding steroid dienone is 1. The van der Waals surface area contributed by atoms with Gasteiger partial charge in [-0.15, -0.1) is 0 Å². The molecular formula is C25H23N3O3S. The molecule has 0 aliphatic heterocycles. The SMILES string of the molecule is CC(=C(C#N)C#N)C(CCOS(=O)(=O)c1ccc(C)cc1)Nc1ccc2ccccc2c1. The molecule has 6 nitrogen and oxygen atoms in total. The highest BCUT2D eigenvalue weighted by molar-refractivity contribution is 7.86. The highest BCUT2D eigenvalue weighted by Gasteiger charge is 2.19. The Morgan fingerprint density at radius 1 is 1.00 bits per heavy atom. The van der Waals surface area contributed by atoms with Crippen LogP contribution in [0.5, 0.6) is 0 Å². The summed E-state index contributed by atoms with van der Waals surface area (Å²) in [7, 11) is -3.91. The van der Waals surface area contributed by atoms with E-state index in [1.807, 2.05) is 61.5 Å². The van der Waals surface area contributed by atoms with Crippen LogP contribution >= 0.6 is 0 Å². The Balaban J connectivity index is 1.80. The van der Waals surface area contributed by atoms with Gasteiger partial charge in [-0.3, -0.25) is 4.18 Å². The largest absolute Gasteiger partial charge is 0.378 e. The van der Waals surface area contributed by atoms with Gasteiger partial charge in [-0.1, -0.05) is 48.0 Å².